The van der Waals surface area contributed by atoms with Gasteiger partial charge in [0.05, 0.1) is 6.04 Å². The molecule has 0 radical (unpaired) electrons. The second kappa shape index (κ2) is 6.55. The lowest BCUT2D eigenvalue weighted by atomic mass is 10.0. The van der Waals surface area contributed by atoms with Crippen molar-refractivity contribution in [2.75, 3.05) is 5.88 Å². The Kier molecular flexibility index (Phi) is 5.49. The van der Waals surface area contributed by atoms with Crippen LogP contribution in [0.1, 0.15) is 11.6 Å². The van der Waals surface area contributed by atoms with Gasteiger partial charge in [0.25, 0.3) is 0 Å². The van der Waals surface area contributed by atoms with Crippen LogP contribution in [0.5, 0.6) is 0 Å². The molecule has 1 N–H and O–H groups in total. The quantitative estimate of drug-likeness (QED) is 0.658. The highest BCUT2D eigenvalue weighted by atomic mass is 35.5. The van der Waals surface area contributed by atoms with E-state index in [1.165, 1.54) is 24.3 Å². The van der Waals surface area contributed by atoms with E-state index in [0.717, 1.165) is 0 Å². The highest BCUT2D eigenvalue weighted by Crippen LogP contribution is 2.39. The Morgan fingerprint density at radius 1 is 1.05 bits per heavy atom. The Hall–Kier alpha value is -1.44. The first kappa shape index (κ1) is 17.6. The van der Waals surface area contributed by atoms with Crippen LogP contribution in [0.4, 0.5) is 26.3 Å². The summed E-state index contributed by atoms with van der Waals surface area (Å²) in [6, 6.07) is 6.36. The maximum Gasteiger partial charge on any atom is 0.409 e. The number of amides is 1. The molecule has 1 aromatic carbocycles. The van der Waals surface area contributed by atoms with Crippen molar-refractivity contribution in [1.29, 1.82) is 0 Å². The monoisotopic (exact) mass is 333 g/mol. The molecule has 0 heterocycles. The van der Waals surface area contributed by atoms with Crippen molar-refractivity contribution in [3.05, 3.63) is 35.9 Å². The third-order valence-corrected chi connectivity index (χ3v) is 2.90. The van der Waals surface area contributed by atoms with Crippen LogP contribution in [0.25, 0.3) is 0 Å². The van der Waals surface area contributed by atoms with Crippen molar-refractivity contribution in [3.8, 4) is 0 Å². The zero-order valence-electron chi connectivity index (χ0n) is 10.3. The summed E-state index contributed by atoms with van der Waals surface area (Å²) in [6.07, 6.45) is -11.5. The van der Waals surface area contributed by atoms with E-state index in [4.69, 9.17) is 11.6 Å². The summed E-state index contributed by atoms with van der Waals surface area (Å²) >= 11 is 5.50. The van der Waals surface area contributed by atoms with Crippen molar-refractivity contribution in [1.82, 2.24) is 5.32 Å². The van der Waals surface area contributed by atoms with Crippen molar-refractivity contribution in [2.45, 2.75) is 18.4 Å². The third-order valence-electron chi connectivity index (χ3n) is 2.59. The molecule has 1 atom stereocenters. The van der Waals surface area contributed by atoms with Gasteiger partial charge in [-0.15, -0.1) is 11.6 Å². The van der Waals surface area contributed by atoms with Crippen LogP contribution in [0.3, 0.4) is 0 Å². The zero-order valence-corrected chi connectivity index (χ0v) is 11.1. The lowest BCUT2D eigenvalue weighted by Gasteiger charge is -2.25. The largest absolute Gasteiger partial charge is 0.409 e. The second-order valence-electron chi connectivity index (χ2n) is 4.14. The van der Waals surface area contributed by atoms with Gasteiger partial charge in [0.15, 0.2) is 0 Å². The lowest BCUT2D eigenvalue weighted by molar-refractivity contribution is -0.274. The topological polar surface area (TPSA) is 29.1 Å². The number of hydrogen-bond donors (Lipinski definition) is 1. The first-order valence-electron chi connectivity index (χ1n) is 5.62. The average Bonchev–Trinajstić information content (AvgIpc) is 2.33. The number of benzene rings is 1. The molecule has 21 heavy (non-hydrogen) atoms. The number of carbonyl (C=O) groups is 1. The Balaban J connectivity index is 2.96. The zero-order chi connectivity index (χ0) is 16.3. The van der Waals surface area contributed by atoms with Gasteiger partial charge in [0, 0.05) is 5.88 Å². The highest BCUT2D eigenvalue weighted by Gasteiger charge is 2.61. The van der Waals surface area contributed by atoms with E-state index in [0.29, 0.717) is 5.56 Å². The van der Waals surface area contributed by atoms with Gasteiger partial charge in [-0.2, -0.15) is 26.3 Å². The summed E-state index contributed by atoms with van der Waals surface area (Å²) in [5.41, 5.74) is 0.309. The van der Waals surface area contributed by atoms with Crippen LogP contribution in [0.15, 0.2) is 30.3 Å². The van der Waals surface area contributed by atoms with Crippen molar-refractivity contribution in [3.63, 3.8) is 0 Å². The van der Waals surface area contributed by atoms with Gasteiger partial charge in [0.2, 0.25) is 11.8 Å². The Labute approximate surface area is 121 Å². The lowest BCUT2D eigenvalue weighted by Crippen LogP contribution is -2.48. The Bertz CT molecular complexity index is 459. The summed E-state index contributed by atoms with van der Waals surface area (Å²) in [4.78, 5) is 11.4. The molecular weight excluding hydrogens is 324 g/mol. The number of carbonyl (C=O) groups excluding carboxylic acids is 1. The van der Waals surface area contributed by atoms with Crippen molar-refractivity contribution in [2.24, 2.45) is 5.92 Å². The summed E-state index contributed by atoms with van der Waals surface area (Å²) in [6.45, 7) is 0. The van der Waals surface area contributed by atoms with Crippen LogP contribution in [0.2, 0.25) is 0 Å². The molecule has 0 saturated heterocycles. The van der Waals surface area contributed by atoms with E-state index in [9.17, 15) is 31.1 Å². The molecule has 0 aliphatic carbocycles. The SMILES string of the molecule is O=C(NC(CCl)c1ccccc1)C(C(F)(F)F)C(F)(F)F. The molecule has 0 saturated carbocycles. The fourth-order valence-electron chi connectivity index (χ4n) is 1.63. The molecule has 118 valence electrons. The minimum Gasteiger partial charge on any atom is -0.347 e. The van der Waals surface area contributed by atoms with E-state index in [1.807, 2.05) is 0 Å². The number of rotatable bonds is 4. The third kappa shape index (κ3) is 4.80. The van der Waals surface area contributed by atoms with E-state index in [2.05, 4.69) is 0 Å². The van der Waals surface area contributed by atoms with Crippen molar-refractivity contribution >= 4 is 17.5 Å². The summed E-state index contributed by atoms with van der Waals surface area (Å²) in [5.74, 6) is -6.62. The van der Waals surface area contributed by atoms with E-state index in [-0.39, 0.29) is 5.88 Å². The smallest absolute Gasteiger partial charge is 0.347 e. The van der Waals surface area contributed by atoms with E-state index < -0.39 is 30.2 Å². The molecule has 1 rings (SSSR count). The molecule has 0 spiro atoms. The maximum absolute atomic E-state index is 12.4. The summed E-state index contributed by atoms with van der Waals surface area (Å²) in [7, 11) is 0. The van der Waals surface area contributed by atoms with Gasteiger partial charge in [-0.25, -0.2) is 0 Å². The molecular formula is C12H10ClF6NO. The normalized spacial score (nSPS) is 14.1. The summed E-state index contributed by atoms with van der Waals surface area (Å²) < 4.78 is 74.5. The first-order chi connectivity index (χ1) is 9.57. The van der Waals surface area contributed by atoms with Gasteiger partial charge in [0.1, 0.15) is 0 Å². The first-order valence-corrected chi connectivity index (χ1v) is 6.15. The molecule has 1 unspecified atom stereocenters. The fraction of sp³-hybridized carbons (Fsp3) is 0.417. The highest BCUT2D eigenvalue weighted by molar-refractivity contribution is 6.18. The van der Waals surface area contributed by atoms with Crippen molar-refractivity contribution < 1.29 is 31.1 Å². The second-order valence-corrected chi connectivity index (χ2v) is 4.45. The molecule has 1 amide bonds. The van der Waals surface area contributed by atoms with Gasteiger partial charge >= 0.3 is 12.4 Å². The minimum absolute atomic E-state index is 0.309. The Morgan fingerprint density at radius 3 is 1.90 bits per heavy atom. The number of alkyl halides is 7. The van der Waals surface area contributed by atoms with Crippen LogP contribution < -0.4 is 5.32 Å². The molecule has 9 heteroatoms. The van der Waals surface area contributed by atoms with Gasteiger partial charge in [-0.05, 0) is 5.56 Å². The number of hydrogen-bond acceptors (Lipinski definition) is 1. The Morgan fingerprint density at radius 2 is 1.52 bits per heavy atom. The molecule has 2 nitrogen and oxygen atoms in total. The molecule has 0 fully saturated rings. The van der Waals surface area contributed by atoms with Gasteiger partial charge < -0.3 is 5.32 Å². The van der Waals surface area contributed by atoms with E-state index in [1.54, 1.807) is 11.4 Å². The number of nitrogens with one attached hydrogen (secondary N) is 1. The van der Waals surface area contributed by atoms with E-state index >= 15 is 0 Å². The molecule has 0 aromatic heterocycles. The number of halogens is 7. The minimum atomic E-state index is -5.73. The van der Waals surface area contributed by atoms with Crippen LogP contribution in [-0.4, -0.2) is 24.1 Å². The van der Waals surface area contributed by atoms with Crippen LogP contribution in [0, 0.1) is 5.92 Å². The van der Waals surface area contributed by atoms with Gasteiger partial charge in [-0.1, -0.05) is 30.3 Å². The van der Waals surface area contributed by atoms with Crippen LogP contribution in [-0.2, 0) is 4.79 Å². The molecule has 0 aliphatic heterocycles. The molecule has 1 aromatic rings. The average molecular weight is 334 g/mol. The summed E-state index contributed by atoms with van der Waals surface area (Å²) in [5, 5.41) is 1.69. The van der Waals surface area contributed by atoms with Gasteiger partial charge in [-0.3, -0.25) is 4.79 Å². The fourth-order valence-corrected chi connectivity index (χ4v) is 1.89. The molecule has 0 bridgehead atoms. The standard InChI is InChI=1S/C12H10ClF6NO/c13-6-8(7-4-2-1-3-5-7)20-10(21)9(11(14,15)16)12(17,18)19/h1-5,8-9H,6H2,(H,20,21). The van der Waals surface area contributed by atoms with Crippen LogP contribution >= 0.6 is 11.6 Å². The molecule has 0 aliphatic rings. The maximum atomic E-state index is 12.4. The predicted octanol–water partition coefficient (Wildman–Crippen LogP) is 3.82. The predicted molar refractivity (Wildman–Crippen MR) is 63.6 cm³/mol.